The average molecular weight is 533 g/mol. The maximum absolute atomic E-state index is 13.8. The monoisotopic (exact) mass is 532 g/mol. The second-order valence-corrected chi connectivity index (χ2v) is 11.6. The molecule has 1 N–H and O–H groups in total. The molecular formula is C24H24N2O8S2. The van der Waals surface area contributed by atoms with Crippen molar-refractivity contribution in [2.24, 2.45) is 0 Å². The molecule has 1 atom stereocenters. The number of anilines is 1. The zero-order valence-electron chi connectivity index (χ0n) is 19.4. The van der Waals surface area contributed by atoms with Gasteiger partial charge in [0, 0.05) is 6.54 Å². The molecule has 0 saturated heterocycles. The fourth-order valence-electron chi connectivity index (χ4n) is 4.03. The summed E-state index contributed by atoms with van der Waals surface area (Å²) in [5.41, 5.74) is 0.513. The van der Waals surface area contributed by atoms with Crippen molar-refractivity contribution in [2.45, 2.75) is 22.4 Å². The van der Waals surface area contributed by atoms with Crippen LogP contribution < -0.4 is 13.8 Å². The van der Waals surface area contributed by atoms with Gasteiger partial charge in [-0.1, -0.05) is 30.3 Å². The molecule has 4 rings (SSSR count). The summed E-state index contributed by atoms with van der Waals surface area (Å²) in [7, 11) is -5.92. The highest BCUT2D eigenvalue weighted by molar-refractivity contribution is 7.93. The molecule has 0 spiro atoms. The summed E-state index contributed by atoms with van der Waals surface area (Å²) in [6, 6.07) is 16.1. The lowest BCUT2D eigenvalue weighted by atomic mass is 10.2. The summed E-state index contributed by atoms with van der Waals surface area (Å²) >= 11 is 0. The van der Waals surface area contributed by atoms with Crippen LogP contribution in [-0.2, 0) is 31.4 Å². The second kappa shape index (κ2) is 9.80. The van der Waals surface area contributed by atoms with Crippen molar-refractivity contribution in [3.05, 3.63) is 78.4 Å². The molecule has 0 fully saturated rings. The van der Waals surface area contributed by atoms with E-state index in [1.807, 2.05) is 0 Å². The third-order valence-corrected chi connectivity index (χ3v) is 9.55. The lowest BCUT2D eigenvalue weighted by molar-refractivity contribution is -0.141. The van der Waals surface area contributed by atoms with Crippen molar-refractivity contribution in [1.29, 1.82) is 0 Å². The van der Waals surface area contributed by atoms with Crippen LogP contribution in [0, 0.1) is 0 Å². The maximum atomic E-state index is 13.8. The van der Waals surface area contributed by atoms with Gasteiger partial charge in [0.25, 0.3) is 10.0 Å². The third kappa shape index (κ3) is 4.50. The molecule has 190 valence electrons. The van der Waals surface area contributed by atoms with Gasteiger partial charge in [-0.15, -0.1) is 0 Å². The van der Waals surface area contributed by atoms with Crippen LogP contribution in [-0.4, -0.2) is 59.0 Å². The number of fused-ring (bicyclic) bond motifs is 1. The summed E-state index contributed by atoms with van der Waals surface area (Å²) in [6.45, 7) is -0.998. The van der Waals surface area contributed by atoms with E-state index in [1.54, 1.807) is 24.3 Å². The average Bonchev–Trinajstić information content (AvgIpc) is 3.07. The normalized spacial score (nSPS) is 16.6. The second-order valence-electron chi connectivity index (χ2n) is 7.90. The summed E-state index contributed by atoms with van der Waals surface area (Å²) in [5, 5.41) is 10.1. The molecule has 0 radical (unpaired) electrons. The van der Waals surface area contributed by atoms with E-state index in [2.05, 4.69) is 0 Å². The first kappa shape index (κ1) is 25.5. The molecule has 36 heavy (non-hydrogen) atoms. The molecule has 1 heterocycles. The first-order valence-corrected chi connectivity index (χ1v) is 13.6. The minimum Gasteiger partial charge on any atom is -0.497 e. The number of aliphatic carboxylic acids is 1. The van der Waals surface area contributed by atoms with Crippen molar-refractivity contribution in [2.75, 3.05) is 25.1 Å². The van der Waals surface area contributed by atoms with Crippen LogP contribution in [0.25, 0.3) is 0 Å². The molecular weight excluding hydrogens is 508 g/mol. The van der Waals surface area contributed by atoms with Crippen molar-refractivity contribution < 1.29 is 36.2 Å². The van der Waals surface area contributed by atoms with Gasteiger partial charge in [-0.25, -0.2) is 16.8 Å². The van der Waals surface area contributed by atoms with E-state index >= 15 is 0 Å². The number of ether oxygens (including phenoxy) is 2. The Morgan fingerprint density at radius 3 is 2.14 bits per heavy atom. The van der Waals surface area contributed by atoms with Crippen LogP contribution in [0.2, 0.25) is 0 Å². The van der Waals surface area contributed by atoms with E-state index in [0.717, 1.165) is 8.61 Å². The number of carbonyl (C=O) groups is 1. The van der Waals surface area contributed by atoms with Crippen LogP contribution in [0.5, 0.6) is 11.5 Å². The first-order chi connectivity index (χ1) is 17.1. The molecule has 1 aliphatic heterocycles. The van der Waals surface area contributed by atoms with Gasteiger partial charge in [0.2, 0.25) is 10.0 Å². The van der Waals surface area contributed by atoms with Crippen LogP contribution in [0.1, 0.15) is 5.56 Å². The number of nitrogens with zero attached hydrogens (tertiary/aromatic N) is 2. The highest BCUT2D eigenvalue weighted by Gasteiger charge is 2.43. The largest absolute Gasteiger partial charge is 0.497 e. The molecule has 0 saturated carbocycles. The zero-order valence-corrected chi connectivity index (χ0v) is 21.1. The topological polar surface area (TPSA) is 131 Å². The molecule has 1 aliphatic rings. The molecule has 0 amide bonds. The van der Waals surface area contributed by atoms with E-state index in [9.17, 15) is 26.7 Å². The van der Waals surface area contributed by atoms with Crippen molar-refractivity contribution >= 4 is 31.7 Å². The summed E-state index contributed by atoms with van der Waals surface area (Å²) in [6.07, 6.45) is 0. The number of carboxylic acid groups (broad SMARTS) is 1. The standard InChI is InChI=1S/C24H24N2O8S2/c1-33-18-11-13-19(14-12-18)35(29,30)25-15-17-7-3-4-8-20(17)26(16-21(25)24(27)28)36(31,32)23-10-6-5-9-22(23)34-2/h3-14,21H,15-16H2,1-2H3,(H,27,28). The molecule has 0 aromatic heterocycles. The van der Waals surface area contributed by atoms with Crippen LogP contribution in [0.3, 0.4) is 0 Å². The van der Waals surface area contributed by atoms with Gasteiger partial charge in [-0.2, -0.15) is 4.31 Å². The Bertz CT molecular complexity index is 1490. The molecule has 3 aromatic rings. The number of benzene rings is 3. The van der Waals surface area contributed by atoms with Crippen LogP contribution in [0.4, 0.5) is 5.69 Å². The minimum absolute atomic E-state index is 0.0776. The Balaban J connectivity index is 1.87. The minimum atomic E-state index is -4.34. The van der Waals surface area contributed by atoms with Crippen LogP contribution >= 0.6 is 0 Å². The number of carboxylic acids is 1. The highest BCUT2D eigenvalue weighted by Crippen LogP contribution is 2.36. The van der Waals surface area contributed by atoms with Crippen LogP contribution in [0.15, 0.2) is 82.6 Å². The Morgan fingerprint density at radius 2 is 1.50 bits per heavy atom. The third-order valence-electron chi connectivity index (χ3n) is 5.86. The lowest BCUT2D eigenvalue weighted by Gasteiger charge is -2.29. The highest BCUT2D eigenvalue weighted by atomic mass is 32.2. The first-order valence-electron chi connectivity index (χ1n) is 10.7. The van der Waals surface area contributed by atoms with E-state index < -0.39 is 38.6 Å². The molecule has 10 nitrogen and oxygen atoms in total. The number of hydrogen-bond acceptors (Lipinski definition) is 7. The van der Waals surface area contributed by atoms with Crippen molar-refractivity contribution in [3.63, 3.8) is 0 Å². The number of hydrogen-bond donors (Lipinski definition) is 1. The predicted octanol–water partition coefficient (Wildman–Crippen LogP) is 2.56. The number of rotatable bonds is 7. The van der Waals surface area contributed by atoms with Gasteiger partial charge in [0.05, 0.1) is 31.3 Å². The van der Waals surface area contributed by atoms with E-state index in [4.69, 9.17) is 9.47 Å². The van der Waals surface area contributed by atoms with Gasteiger partial charge in [-0.05, 0) is 48.0 Å². The summed E-state index contributed by atoms with van der Waals surface area (Å²) in [4.78, 5) is 12.1. The fourth-order valence-corrected chi connectivity index (χ4v) is 7.25. The van der Waals surface area contributed by atoms with E-state index in [0.29, 0.717) is 11.3 Å². The van der Waals surface area contributed by atoms with Gasteiger partial charge in [-0.3, -0.25) is 9.10 Å². The number of sulfonamides is 2. The molecule has 0 aliphatic carbocycles. The maximum Gasteiger partial charge on any atom is 0.323 e. The SMILES string of the molecule is COc1ccc(S(=O)(=O)N2Cc3ccccc3N(S(=O)(=O)c3ccccc3OC)CC2C(=O)O)cc1. The van der Waals surface area contributed by atoms with Gasteiger partial charge < -0.3 is 14.6 Å². The predicted molar refractivity (Wildman–Crippen MR) is 131 cm³/mol. The zero-order chi connectivity index (χ0) is 26.1. The number of para-hydroxylation sites is 2. The molecule has 1 unspecified atom stereocenters. The quantitative estimate of drug-likeness (QED) is 0.491. The summed E-state index contributed by atoms with van der Waals surface area (Å²) < 4.78 is 66.9. The Hall–Kier alpha value is -3.61. The lowest BCUT2D eigenvalue weighted by Crippen LogP contribution is -2.50. The number of methoxy groups -OCH3 is 2. The molecule has 12 heteroatoms. The smallest absolute Gasteiger partial charge is 0.323 e. The van der Waals surface area contributed by atoms with E-state index in [1.165, 1.54) is 62.8 Å². The van der Waals surface area contributed by atoms with Crippen molar-refractivity contribution in [3.8, 4) is 11.5 Å². The molecule has 3 aromatic carbocycles. The Labute approximate surface area is 209 Å². The molecule has 0 bridgehead atoms. The van der Waals surface area contributed by atoms with Crippen molar-refractivity contribution in [1.82, 2.24) is 4.31 Å². The summed E-state index contributed by atoms with van der Waals surface area (Å²) in [5.74, 6) is -0.979. The Morgan fingerprint density at radius 1 is 0.861 bits per heavy atom. The Kier molecular flexibility index (Phi) is 6.94. The van der Waals surface area contributed by atoms with Gasteiger partial charge in [0.1, 0.15) is 22.4 Å². The van der Waals surface area contributed by atoms with Gasteiger partial charge in [0.15, 0.2) is 0 Å². The fraction of sp³-hybridized carbons (Fsp3) is 0.208. The van der Waals surface area contributed by atoms with E-state index in [-0.39, 0.29) is 27.8 Å². The van der Waals surface area contributed by atoms with Gasteiger partial charge >= 0.3 is 5.97 Å².